The number of urea groups is 1. The Kier molecular flexibility index (Phi) is 4.58. The number of aromatic amines is 1. The van der Waals surface area contributed by atoms with Crippen molar-refractivity contribution in [3.05, 3.63) is 24.0 Å². The van der Waals surface area contributed by atoms with Crippen molar-refractivity contribution < 1.29 is 4.79 Å². The summed E-state index contributed by atoms with van der Waals surface area (Å²) in [6.07, 6.45) is 3.88. The second-order valence-electron chi connectivity index (χ2n) is 5.84. The van der Waals surface area contributed by atoms with Gasteiger partial charge in [-0.3, -0.25) is 0 Å². The summed E-state index contributed by atoms with van der Waals surface area (Å²) in [5.41, 5.74) is 2.61. The van der Waals surface area contributed by atoms with E-state index in [1.807, 2.05) is 25.1 Å². The average Bonchev–Trinajstić information content (AvgIpc) is 2.87. The van der Waals surface area contributed by atoms with Gasteiger partial charge in [0.2, 0.25) is 0 Å². The SMILES string of the molecule is Cc1nc2ccc(NC(=O)NCCN3CCCCC3)cc2[nH]1. The maximum Gasteiger partial charge on any atom is 0.319 e. The number of benzene rings is 1. The van der Waals surface area contributed by atoms with E-state index in [1.54, 1.807) is 0 Å². The Morgan fingerprint density at radius 1 is 1.32 bits per heavy atom. The van der Waals surface area contributed by atoms with Gasteiger partial charge in [-0.2, -0.15) is 0 Å². The van der Waals surface area contributed by atoms with E-state index >= 15 is 0 Å². The van der Waals surface area contributed by atoms with Crippen molar-refractivity contribution in [1.29, 1.82) is 0 Å². The number of aromatic nitrogens is 2. The topological polar surface area (TPSA) is 73.1 Å². The Bertz CT molecular complexity index is 645. The van der Waals surface area contributed by atoms with Crippen molar-refractivity contribution in [3.8, 4) is 0 Å². The number of hydrogen-bond donors (Lipinski definition) is 3. The fourth-order valence-electron chi connectivity index (χ4n) is 2.90. The molecule has 0 saturated carbocycles. The van der Waals surface area contributed by atoms with Crippen LogP contribution in [0.15, 0.2) is 18.2 Å². The molecule has 1 fully saturated rings. The Hall–Kier alpha value is -2.08. The van der Waals surface area contributed by atoms with E-state index < -0.39 is 0 Å². The molecule has 2 aromatic rings. The van der Waals surface area contributed by atoms with Crippen LogP contribution in [0.3, 0.4) is 0 Å². The number of nitrogens with zero attached hydrogens (tertiary/aromatic N) is 2. The largest absolute Gasteiger partial charge is 0.342 e. The first-order chi connectivity index (χ1) is 10.7. The van der Waals surface area contributed by atoms with Crippen LogP contribution in [0.5, 0.6) is 0 Å². The van der Waals surface area contributed by atoms with Crippen LogP contribution in [0.4, 0.5) is 10.5 Å². The third-order valence-corrected chi connectivity index (χ3v) is 4.02. The number of fused-ring (bicyclic) bond motifs is 1. The first-order valence-electron chi connectivity index (χ1n) is 7.94. The summed E-state index contributed by atoms with van der Waals surface area (Å²) >= 11 is 0. The van der Waals surface area contributed by atoms with Gasteiger partial charge in [-0.15, -0.1) is 0 Å². The maximum atomic E-state index is 11.9. The maximum absolute atomic E-state index is 11.9. The number of rotatable bonds is 4. The van der Waals surface area contributed by atoms with Crippen LogP contribution < -0.4 is 10.6 Å². The van der Waals surface area contributed by atoms with Crippen molar-refractivity contribution in [2.24, 2.45) is 0 Å². The number of nitrogens with one attached hydrogen (secondary N) is 3. The third kappa shape index (κ3) is 3.76. The number of carbonyl (C=O) groups is 1. The van der Waals surface area contributed by atoms with E-state index in [1.165, 1.54) is 19.3 Å². The van der Waals surface area contributed by atoms with Gasteiger partial charge in [0.05, 0.1) is 11.0 Å². The monoisotopic (exact) mass is 301 g/mol. The van der Waals surface area contributed by atoms with E-state index in [-0.39, 0.29) is 6.03 Å². The van der Waals surface area contributed by atoms with Crippen molar-refractivity contribution in [2.75, 3.05) is 31.5 Å². The van der Waals surface area contributed by atoms with Gasteiger partial charge in [-0.05, 0) is 51.1 Å². The zero-order chi connectivity index (χ0) is 15.4. The van der Waals surface area contributed by atoms with E-state index in [0.717, 1.165) is 42.2 Å². The fraction of sp³-hybridized carbons (Fsp3) is 0.500. The molecule has 6 heteroatoms. The fourth-order valence-corrected chi connectivity index (χ4v) is 2.90. The summed E-state index contributed by atoms with van der Waals surface area (Å²) in [4.78, 5) is 21.8. The lowest BCUT2D eigenvalue weighted by atomic mass is 10.1. The van der Waals surface area contributed by atoms with Crippen LogP contribution in [0, 0.1) is 6.92 Å². The highest BCUT2D eigenvalue weighted by molar-refractivity contribution is 5.91. The summed E-state index contributed by atoms with van der Waals surface area (Å²) in [6.45, 7) is 5.82. The molecule has 0 radical (unpaired) electrons. The highest BCUT2D eigenvalue weighted by Gasteiger charge is 2.10. The molecule has 2 heterocycles. The highest BCUT2D eigenvalue weighted by atomic mass is 16.2. The lowest BCUT2D eigenvalue weighted by Crippen LogP contribution is -2.39. The zero-order valence-corrected chi connectivity index (χ0v) is 13.0. The van der Waals surface area contributed by atoms with Crippen LogP contribution in [0.25, 0.3) is 11.0 Å². The van der Waals surface area contributed by atoms with Gasteiger partial charge in [-0.25, -0.2) is 9.78 Å². The Labute approximate surface area is 130 Å². The molecule has 6 nitrogen and oxygen atoms in total. The van der Waals surface area contributed by atoms with Crippen molar-refractivity contribution >= 4 is 22.8 Å². The van der Waals surface area contributed by atoms with Gasteiger partial charge in [0.25, 0.3) is 0 Å². The van der Waals surface area contributed by atoms with Crippen molar-refractivity contribution in [3.63, 3.8) is 0 Å². The second-order valence-corrected chi connectivity index (χ2v) is 5.84. The van der Waals surface area contributed by atoms with Gasteiger partial charge in [-0.1, -0.05) is 6.42 Å². The highest BCUT2D eigenvalue weighted by Crippen LogP contribution is 2.16. The first-order valence-corrected chi connectivity index (χ1v) is 7.94. The lowest BCUT2D eigenvalue weighted by molar-refractivity contribution is 0.224. The van der Waals surface area contributed by atoms with Gasteiger partial charge in [0.1, 0.15) is 5.82 Å². The normalized spacial score (nSPS) is 15.9. The number of imidazole rings is 1. The summed E-state index contributed by atoms with van der Waals surface area (Å²) in [5, 5.41) is 5.78. The molecule has 3 N–H and O–H groups in total. The lowest BCUT2D eigenvalue weighted by Gasteiger charge is -2.26. The zero-order valence-electron chi connectivity index (χ0n) is 13.0. The standard InChI is InChI=1S/C16H23N5O/c1-12-18-14-6-5-13(11-15(14)19-12)20-16(22)17-7-10-21-8-3-2-4-9-21/h5-6,11H,2-4,7-10H2,1H3,(H,18,19)(H2,17,20,22). The minimum Gasteiger partial charge on any atom is -0.342 e. The first kappa shape index (κ1) is 14.8. The number of hydrogen-bond acceptors (Lipinski definition) is 3. The number of amides is 2. The van der Waals surface area contributed by atoms with E-state index in [4.69, 9.17) is 0 Å². The van der Waals surface area contributed by atoms with Gasteiger partial charge in [0, 0.05) is 18.8 Å². The van der Waals surface area contributed by atoms with Crippen molar-refractivity contribution in [1.82, 2.24) is 20.2 Å². The van der Waals surface area contributed by atoms with Crippen LogP contribution >= 0.6 is 0 Å². The molecule has 2 amide bonds. The van der Waals surface area contributed by atoms with Crippen LogP contribution in [0.2, 0.25) is 0 Å². The molecule has 0 spiro atoms. The molecule has 3 rings (SSSR count). The summed E-state index contributed by atoms with van der Waals surface area (Å²) in [6, 6.07) is 5.52. The molecule has 118 valence electrons. The van der Waals surface area contributed by atoms with E-state index in [2.05, 4.69) is 25.5 Å². The number of aryl methyl sites for hydroxylation is 1. The molecule has 1 aromatic heterocycles. The van der Waals surface area contributed by atoms with Crippen LogP contribution in [-0.2, 0) is 0 Å². The number of carbonyl (C=O) groups excluding carboxylic acids is 1. The quantitative estimate of drug-likeness (QED) is 0.812. The van der Waals surface area contributed by atoms with Crippen LogP contribution in [0.1, 0.15) is 25.1 Å². The molecular formula is C16H23N5O. The average molecular weight is 301 g/mol. The van der Waals surface area contributed by atoms with Crippen LogP contribution in [-0.4, -0.2) is 47.1 Å². The molecule has 0 unspecified atom stereocenters. The second kappa shape index (κ2) is 6.79. The summed E-state index contributed by atoms with van der Waals surface area (Å²) in [7, 11) is 0. The number of H-pyrrole nitrogens is 1. The number of likely N-dealkylation sites (tertiary alicyclic amines) is 1. The summed E-state index contributed by atoms with van der Waals surface area (Å²) in [5.74, 6) is 0.873. The Morgan fingerprint density at radius 3 is 2.95 bits per heavy atom. The molecule has 0 atom stereocenters. The predicted octanol–water partition coefficient (Wildman–Crippen LogP) is 2.48. The Balaban J connectivity index is 1.47. The minimum absolute atomic E-state index is 0.160. The molecule has 22 heavy (non-hydrogen) atoms. The number of piperidine rings is 1. The van der Waals surface area contributed by atoms with E-state index in [0.29, 0.717) is 6.54 Å². The molecule has 0 aliphatic carbocycles. The molecular weight excluding hydrogens is 278 g/mol. The molecule has 1 aromatic carbocycles. The van der Waals surface area contributed by atoms with Gasteiger partial charge < -0.3 is 20.5 Å². The number of anilines is 1. The smallest absolute Gasteiger partial charge is 0.319 e. The van der Waals surface area contributed by atoms with Gasteiger partial charge >= 0.3 is 6.03 Å². The van der Waals surface area contributed by atoms with E-state index in [9.17, 15) is 4.79 Å². The Morgan fingerprint density at radius 2 is 2.14 bits per heavy atom. The van der Waals surface area contributed by atoms with Crippen molar-refractivity contribution in [2.45, 2.75) is 26.2 Å². The molecule has 1 saturated heterocycles. The predicted molar refractivity (Wildman–Crippen MR) is 88.1 cm³/mol. The third-order valence-electron chi connectivity index (χ3n) is 4.02. The van der Waals surface area contributed by atoms with Gasteiger partial charge in [0.15, 0.2) is 0 Å². The summed E-state index contributed by atoms with van der Waals surface area (Å²) < 4.78 is 0. The molecule has 1 aliphatic rings. The molecule has 0 bridgehead atoms. The molecule has 1 aliphatic heterocycles. The minimum atomic E-state index is -0.160.